The summed E-state index contributed by atoms with van der Waals surface area (Å²) in [6.07, 6.45) is 1.87. The van der Waals surface area contributed by atoms with Gasteiger partial charge in [0.2, 0.25) is 5.91 Å². The zero-order valence-electron chi connectivity index (χ0n) is 13.8. The number of rotatable bonds is 6. The van der Waals surface area contributed by atoms with E-state index in [-0.39, 0.29) is 18.0 Å². The molecule has 1 N–H and O–H groups in total. The molecule has 0 bridgehead atoms. The number of aryl methyl sites for hydroxylation is 4. The van der Waals surface area contributed by atoms with Crippen molar-refractivity contribution < 1.29 is 14.3 Å². The van der Waals surface area contributed by atoms with Gasteiger partial charge in [-0.05, 0) is 26.8 Å². The topological polar surface area (TPSA) is 91.0 Å². The van der Waals surface area contributed by atoms with Crippen LogP contribution in [0.2, 0.25) is 0 Å². The Labute approximate surface area is 134 Å². The molecule has 0 spiro atoms. The standard InChI is InChI=1S/C15H21N5O3/c1-5-19-9-12(14(18-19)15(22)23-4)16-13(21)6-7-20-11(3)8-10(2)17-20/h8-9H,5-7H2,1-4H3,(H,16,21). The molecule has 0 aliphatic heterocycles. The van der Waals surface area contributed by atoms with Crippen LogP contribution in [0.4, 0.5) is 5.69 Å². The monoisotopic (exact) mass is 319 g/mol. The molecule has 0 saturated heterocycles. The van der Waals surface area contributed by atoms with Gasteiger partial charge in [0.15, 0.2) is 5.69 Å². The van der Waals surface area contributed by atoms with Crippen molar-refractivity contribution in [3.8, 4) is 0 Å². The van der Waals surface area contributed by atoms with Crippen molar-refractivity contribution in [2.45, 2.75) is 40.3 Å². The highest BCUT2D eigenvalue weighted by molar-refractivity contribution is 5.99. The summed E-state index contributed by atoms with van der Waals surface area (Å²) in [7, 11) is 1.28. The summed E-state index contributed by atoms with van der Waals surface area (Å²) < 4.78 is 8.04. The SMILES string of the molecule is CCn1cc(NC(=O)CCn2nc(C)cc2C)c(C(=O)OC)n1. The number of carbonyl (C=O) groups excluding carboxylic acids is 2. The van der Waals surface area contributed by atoms with Crippen LogP contribution < -0.4 is 5.32 Å². The number of aromatic nitrogens is 4. The van der Waals surface area contributed by atoms with Gasteiger partial charge < -0.3 is 10.1 Å². The summed E-state index contributed by atoms with van der Waals surface area (Å²) in [6, 6.07) is 1.96. The van der Waals surface area contributed by atoms with Crippen LogP contribution in [0, 0.1) is 13.8 Å². The van der Waals surface area contributed by atoms with E-state index in [2.05, 4.69) is 20.3 Å². The number of esters is 1. The Kier molecular flexibility index (Phi) is 5.15. The average Bonchev–Trinajstić information content (AvgIpc) is 3.07. The van der Waals surface area contributed by atoms with E-state index < -0.39 is 5.97 Å². The Morgan fingerprint density at radius 3 is 2.61 bits per heavy atom. The molecule has 8 heteroatoms. The first-order chi connectivity index (χ1) is 10.9. The minimum absolute atomic E-state index is 0.105. The van der Waals surface area contributed by atoms with Gasteiger partial charge >= 0.3 is 5.97 Å². The average molecular weight is 319 g/mol. The molecule has 0 aliphatic carbocycles. The summed E-state index contributed by atoms with van der Waals surface area (Å²) in [6.45, 7) is 6.80. The van der Waals surface area contributed by atoms with Crippen LogP contribution in [0.5, 0.6) is 0 Å². The quantitative estimate of drug-likeness (QED) is 0.815. The smallest absolute Gasteiger partial charge is 0.360 e. The molecule has 8 nitrogen and oxygen atoms in total. The number of methoxy groups -OCH3 is 1. The van der Waals surface area contributed by atoms with Gasteiger partial charge in [0.25, 0.3) is 0 Å². The lowest BCUT2D eigenvalue weighted by Gasteiger charge is -2.06. The number of hydrogen-bond acceptors (Lipinski definition) is 5. The predicted molar refractivity (Wildman–Crippen MR) is 84.2 cm³/mol. The number of amides is 1. The number of carbonyl (C=O) groups is 2. The fraction of sp³-hybridized carbons (Fsp3) is 0.467. The van der Waals surface area contributed by atoms with E-state index in [9.17, 15) is 9.59 Å². The molecule has 0 aromatic carbocycles. The van der Waals surface area contributed by atoms with Gasteiger partial charge in [-0.15, -0.1) is 0 Å². The first-order valence-electron chi connectivity index (χ1n) is 7.41. The summed E-state index contributed by atoms with van der Waals surface area (Å²) in [5.74, 6) is -0.788. The molecule has 2 aromatic rings. The number of hydrogen-bond donors (Lipinski definition) is 1. The van der Waals surface area contributed by atoms with Crippen LogP contribution in [0.25, 0.3) is 0 Å². The van der Waals surface area contributed by atoms with Crippen molar-refractivity contribution in [2.24, 2.45) is 0 Å². The van der Waals surface area contributed by atoms with Crippen molar-refractivity contribution in [1.29, 1.82) is 0 Å². The molecule has 2 rings (SSSR count). The van der Waals surface area contributed by atoms with Crippen LogP contribution in [0.15, 0.2) is 12.3 Å². The minimum Gasteiger partial charge on any atom is -0.464 e. The van der Waals surface area contributed by atoms with Crippen LogP contribution in [0.1, 0.15) is 35.2 Å². The van der Waals surface area contributed by atoms with E-state index >= 15 is 0 Å². The Bertz CT molecular complexity index is 717. The Morgan fingerprint density at radius 2 is 2.04 bits per heavy atom. The van der Waals surface area contributed by atoms with E-state index in [1.54, 1.807) is 15.6 Å². The molecular formula is C15H21N5O3. The third-order valence-corrected chi connectivity index (χ3v) is 3.39. The van der Waals surface area contributed by atoms with Crippen molar-refractivity contribution in [3.63, 3.8) is 0 Å². The molecule has 0 fully saturated rings. The van der Waals surface area contributed by atoms with Crippen LogP contribution >= 0.6 is 0 Å². The highest BCUT2D eigenvalue weighted by Gasteiger charge is 2.19. The van der Waals surface area contributed by atoms with E-state index in [4.69, 9.17) is 0 Å². The summed E-state index contributed by atoms with van der Waals surface area (Å²) in [5, 5.41) is 11.1. The van der Waals surface area contributed by atoms with Gasteiger partial charge in [0.05, 0.1) is 18.5 Å². The lowest BCUT2D eigenvalue weighted by atomic mass is 10.3. The van der Waals surface area contributed by atoms with Crippen molar-refractivity contribution in [1.82, 2.24) is 19.6 Å². The second-order valence-electron chi connectivity index (χ2n) is 5.19. The lowest BCUT2D eigenvalue weighted by Crippen LogP contribution is -2.17. The first-order valence-corrected chi connectivity index (χ1v) is 7.41. The molecule has 2 heterocycles. The van der Waals surface area contributed by atoms with Crippen molar-refractivity contribution >= 4 is 17.6 Å². The molecule has 0 radical (unpaired) electrons. The van der Waals surface area contributed by atoms with Gasteiger partial charge in [-0.25, -0.2) is 4.79 Å². The van der Waals surface area contributed by atoms with E-state index in [0.717, 1.165) is 11.4 Å². The number of nitrogens with one attached hydrogen (secondary N) is 1. The summed E-state index contributed by atoms with van der Waals surface area (Å²) in [5.41, 5.74) is 2.38. The van der Waals surface area contributed by atoms with Gasteiger partial charge in [-0.2, -0.15) is 10.2 Å². The molecule has 0 aliphatic rings. The second kappa shape index (κ2) is 7.08. The van der Waals surface area contributed by atoms with Crippen molar-refractivity contribution in [3.05, 3.63) is 29.3 Å². The van der Waals surface area contributed by atoms with Gasteiger partial charge in [0, 0.05) is 31.4 Å². The largest absolute Gasteiger partial charge is 0.464 e. The van der Waals surface area contributed by atoms with Gasteiger partial charge in [-0.3, -0.25) is 14.2 Å². The maximum atomic E-state index is 12.1. The van der Waals surface area contributed by atoms with Crippen LogP contribution in [-0.4, -0.2) is 38.5 Å². The van der Waals surface area contributed by atoms with E-state index in [1.807, 2.05) is 26.8 Å². The minimum atomic E-state index is -0.578. The molecule has 1 amide bonds. The maximum Gasteiger partial charge on any atom is 0.360 e. The third-order valence-electron chi connectivity index (χ3n) is 3.39. The fourth-order valence-electron chi connectivity index (χ4n) is 2.24. The highest BCUT2D eigenvalue weighted by atomic mass is 16.5. The Balaban J connectivity index is 2.03. The Hall–Kier alpha value is -2.64. The zero-order valence-corrected chi connectivity index (χ0v) is 13.8. The molecule has 124 valence electrons. The zero-order chi connectivity index (χ0) is 17.0. The molecule has 0 atom stereocenters. The highest BCUT2D eigenvalue weighted by Crippen LogP contribution is 2.15. The van der Waals surface area contributed by atoms with Crippen molar-refractivity contribution in [2.75, 3.05) is 12.4 Å². The molecule has 23 heavy (non-hydrogen) atoms. The van der Waals surface area contributed by atoms with Crippen LogP contribution in [0.3, 0.4) is 0 Å². The molecule has 2 aromatic heterocycles. The number of ether oxygens (including phenoxy) is 1. The predicted octanol–water partition coefficient (Wildman–Crippen LogP) is 1.53. The first kappa shape index (κ1) is 16.7. The fourth-order valence-corrected chi connectivity index (χ4v) is 2.24. The Morgan fingerprint density at radius 1 is 1.30 bits per heavy atom. The summed E-state index contributed by atoms with van der Waals surface area (Å²) in [4.78, 5) is 23.8. The third kappa shape index (κ3) is 3.97. The maximum absolute atomic E-state index is 12.1. The lowest BCUT2D eigenvalue weighted by molar-refractivity contribution is -0.116. The second-order valence-corrected chi connectivity index (χ2v) is 5.19. The molecule has 0 unspecified atom stereocenters. The normalized spacial score (nSPS) is 10.6. The number of anilines is 1. The summed E-state index contributed by atoms with van der Waals surface area (Å²) >= 11 is 0. The number of nitrogens with zero attached hydrogens (tertiary/aromatic N) is 4. The molecular weight excluding hydrogens is 298 g/mol. The molecule has 0 saturated carbocycles. The van der Waals surface area contributed by atoms with Crippen LogP contribution in [-0.2, 0) is 22.6 Å². The van der Waals surface area contributed by atoms with Gasteiger partial charge in [0.1, 0.15) is 0 Å². The van der Waals surface area contributed by atoms with Gasteiger partial charge in [-0.1, -0.05) is 0 Å². The van der Waals surface area contributed by atoms with E-state index in [1.165, 1.54) is 7.11 Å². The van der Waals surface area contributed by atoms with E-state index in [0.29, 0.717) is 18.8 Å².